The Morgan fingerprint density at radius 3 is 2.06 bits per heavy atom. The van der Waals surface area contributed by atoms with E-state index in [0.717, 1.165) is 29.3 Å². The van der Waals surface area contributed by atoms with Gasteiger partial charge in [-0.15, -0.1) is 0 Å². The Labute approximate surface area is 228 Å². The number of hydrogen-bond acceptors (Lipinski definition) is 4. The van der Waals surface area contributed by atoms with Gasteiger partial charge in [-0.05, 0) is 75.0 Å². The second kappa shape index (κ2) is 15.6. The minimum atomic E-state index is 0.0567. The average Bonchev–Trinajstić information content (AvgIpc) is 2.80. The first-order chi connectivity index (χ1) is 16.3. The smallest absolute Gasteiger partial charge is 0.253 e. The molecule has 0 fully saturated rings. The van der Waals surface area contributed by atoms with Crippen LogP contribution in [-0.2, 0) is 0 Å². The fraction of sp³-hybridized carbons (Fsp3) is 0.400. The zero-order chi connectivity index (χ0) is 24.9. The lowest BCUT2D eigenvalue weighted by Gasteiger charge is -2.21. The summed E-state index contributed by atoms with van der Waals surface area (Å²) in [4.78, 5) is 14.5. The molecule has 0 heterocycles. The number of amides is 1. The number of benzene rings is 2. The van der Waals surface area contributed by atoms with E-state index in [-0.39, 0.29) is 5.91 Å². The van der Waals surface area contributed by atoms with Crippen LogP contribution >= 0.6 is 55.1 Å². The van der Waals surface area contributed by atoms with Crippen LogP contribution in [0.25, 0.3) is 0 Å². The van der Waals surface area contributed by atoms with Crippen molar-refractivity contribution >= 4 is 61.0 Å². The van der Waals surface area contributed by atoms with E-state index in [9.17, 15) is 4.79 Å². The molecule has 9 heteroatoms. The van der Waals surface area contributed by atoms with E-state index in [1.807, 2.05) is 35.2 Å². The highest BCUT2D eigenvalue weighted by Crippen LogP contribution is 2.37. The van der Waals surface area contributed by atoms with Crippen molar-refractivity contribution in [3.63, 3.8) is 0 Å². The lowest BCUT2D eigenvalue weighted by Crippen LogP contribution is -2.32. The Balaban J connectivity index is 1.79. The molecule has 0 saturated carbocycles. The van der Waals surface area contributed by atoms with Gasteiger partial charge in [-0.3, -0.25) is 4.79 Å². The lowest BCUT2D eigenvalue weighted by molar-refractivity contribution is 0.0755. The Kier molecular flexibility index (Phi) is 13.2. The highest BCUT2D eigenvalue weighted by Gasteiger charge is 2.14. The predicted octanol–water partition coefficient (Wildman–Crippen LogP) is 8.11. The summed E-state index contributed by atoms with van der Waals surface area (Å²) in [6.07, 6.45) is 4.33. The first-order valence-electron chi connectivity index (χ1n) is 11.1. The van der Waals surface area contributed by atoms with Crippen LogP contribution < -0.4 is 14.2 Å². The molecule has 2 aromatic carbocycles. The molecule has 0 bridgehead atoms. The predicted molar refractivity (Wildman–Crippen MR) is 146 cm³/mol. The molecule has 0 spiro atoms. The number of hydrogen-bond donors (Lipinski definition) is 0. The van der Waals surface area contributed by atoms with Gasteiger partial charge in [0.2, 0.25) is 0 Å². The molecule has 0 aliphatic rings. The third-order valence-electron chi connectivity index (χ3n) is 4.64. The van der Waals surface area contributed by atoms with Crippen LogP contribution in [0.15, 0.2) is 45.9 Å². The second-order valence-corrected chi connectivity index (χ2v) is 11.0. The summed E-state index contributed by atoms with van der Waals surface area (Å²) in [6.45, 7) is 6.88. The van der Waals surface area contributed by atoms with E-state index in [0.29, 0.717) is 59.1 Å². The number of halogens is 4. The third kappa shape index (κ3) is 9.68. The van der Waals surface area contributed by atoms with Gasteiger partial charge in [0.15, 0.2) is 5.75 Å². The van der Waals surface area contributed by atoms with Crippen LogP contribution in [-0.4, -0.2) is 43.7 Å². The maximum Gasteiger partial charge on any atom is 0.253 e. The molecule has 2 aromatic rings. The highest BCUT2D eigenvalue weighted by atomic mass is 79.9. The molecule has 0 N–H and O–H groups in total. The summed E-state index contributed by atoms with van der Waals surface area (Å²) in [5.74, 6) is 1.73. The third-order valence-corrected chi connectivity index (χ3v) is 5.85. The van der Waals surface area contributed by atoms with Gasteiger partial charge in [0.05, 0.1) is 26.7 Å². The summed E-state index contributed by atoms with van der Waals surface area (Å²) >= 11 is 19.1. The lowest BCUT2D eigenvalue weighted by atomic mass is 10.2. The molecule has 0 aromatic heterocycles. The molecule has 0 radical (unpaired) electrons. The van der Waals surface area contributed by atoms with Crippen molar-refractivity contribution in [1.82, 2.24) is 4.90 Å². The minimum absolute atomic E-state index is 0.0567. The minimum Gasteiger partial charge on any atom is -0.493 e. The maximum atomic E-state index is 12.7. The van der Waals surface area contributed by atoms with Crippen molar-refractivity contribution < 1.29 is 19.0 Å². The molecular weight excluding hydrogens is 609 g/mol. The molecule has 34 heavy (non-hydrogen) atoms. The fourth-order valence-electron chi connectivity index (χ4n) is 3.11. The van der Waals surface area contributed by atoms with Crippen molar-refractivity contribution in [2.75, 3.05) is 32.9 Å². The number of carbonyl (C=O) groups excluding carboxylic acids is 1. The molecule has 2 rings (SSSR count). The van der Waals surface area contributed by atoms with Crippen molar-refractivity contribution in [3.8, 4) is 17.2 Å². The Morgan fingerprint density at radius 1 is 0.912 bits per heavy atom. The largest absolute Gasteiger partial charge is 0.493 e. The van der Waals surface area contributed by atoms with Crippen molar-refractivity contribution in [2.24, 2.45) is 0 Å². The van der Waals surface area contributed by atoms with E-state index >= 15 is 0 Å². The van der Waals surface area contributed by atoms with E-state index < -0.39 is 0 Å². The molecule has 0 unspecified atom stereocenters. The van der Waals surface area contributed by atoms with Crippen LogP contribution in [0.3, 0.4) is 0 Å². The monoisotopic (exact) mass is 635 g/mol. The molecule has 5 nitrogen and oxygen atoms in total. The molecular formula is C25H29Br2Cl2NO4. The molecule has 1 amide bonds. The van der Waals surface area contributed by atoms with Gasteiger partial charge < -0.3 is 19.1 Å². The van der Waals surface area contributed by atoms with Crippen molar-refractivity contribution in [1.29, 1.82) is 0 Å². The highest BCUT2D eigenvalue weighted by molar-refractivity contribution is 9.28. The fourth-order valence-corrected chi connectivity index (χ4v) is 3.95. The van der Waals surface area contributed by atoms with Gasteiger partial charge in [-0.2, -0.15) is 0 Å². The number of nitrogens with zero attached hydrogens (tertiary/aromatic N) is 1. The summed E-state index contributed by atoms with van der Waals surface area (Å²) in [7, 11) is 0. The summed E-state index contributed by atoms with van der Waals surface area (Å²) in [5, 5.41) is 0.761. The maximum absolute atomic E-state index is 12.7. The zero-order valence-electron chi connectivity index (χ0n) is 19.3. The van der Waals surface area contributed by atoms with Gasteiger partial charge in [-0.25, -0.2) is 0 Å². The van der Waals surface area contributed by atoms with E-state index in [4.69, 9.17) is 37.4 Å². The molecule has 0 aliphatic heterocycles. The molecule has 186 valence electrons. The van der Waals surface area contributed by atoms with Crippen LogP contribution in [0.5, 0.6) is 17.2 Å². The van der Waals surface area contributed by atoms with Gasteiger partial charge in [0.1, 0.15) is 18.1 Å². The molecule has 0 saturated heterocycles. The normalized spacial score (nSPS) is 10.5. The first kappa shape index (κ1) is 28.8. The van der Waals surface area contributed by atoms with E-state index in [1.165, 1.54) is 0 Å². The number of rotatable bonds is 14. The topological polar surface area (TPSA) is 48.0 Å². The van der Waals surface area contributed by atoms with Gasteiger partial charge >= 0.3 is 0 Å². The standard InChI is InChI=1S/C25H29Br2Cl2NO4/c1-3-11-30(12-4-2)25(31)18-6-8-19(9-7-18)32-13-5-14-34-24-21(28)16-20(17-22(24)29)33-15-10-23(26)27/h6-10,16-17H,3-5,11-15H2,1-2H3. The van der Waals surface area contributed by atoms with E-state index in [1.54, 1.807) is 12.1 Å². The zero-order valence-corrected chi connectivity index (χ0v) is 24.0. The number of carbonyl (C=O) groups is 1. The molecule has 0 atom stereocenters. The Bertz CT molecular complexity index is 921. The SMILES string of the molecule is CCCN(CCC)C(=O)c1ccc(OCCCOc2c(Cl)cc(OCC=C(Br)Br)cc2Cl)cc1. The Hall–Kier alpha value is -1.41. The van der Waals surface area contributed by atoms with Crippen molar-refractivity contribution in [2.45, 2.75) is 33.1 Å². The quantitative estimate of drug-likeness (QED) is 0.196. The average molecular weight is 638 g/mol. The second-order valence-electron chi connectivity index (χ2n) is 7.39. The van der Waals surface area contributed by atoms with Gasteiger partial charge in [-0.1, -0.05) is 37.0 Å². The van der Waals surface area contributed by atoms with Gasteiger partial charge in [0, 0.05) is 37.2 Å². The van der Waals surface area contributed by atoms with Crippen LogP contribution in [0.4, 0.5) is 0 Å². The van der Waals surface area contributed by atoms with Crippen LogP contribution in [0.2, 0.25) is 10.0 Å². The Morgan fingerprint density at radius 2 is 1.50 bits per heavy atom. The first-order valence-corrected chi connectivity index (χ1v) is 13.5. The number of ether oxygens (including phenoxy) is 3. The van der Waals surface area contributed by atoms with Crippen molar-refractivity contribution in [3.05, 3.63) is 61.5 Å². The summed E-state index contributed by atoms with van der Waals surface area (Å²) in [6, 6.07) is 10.6. The van der Waals surface area contributed by atoms with Gasteiger partial charge in [0.25, 0.3) is 5.91 Å². The molecule has 0 aliphatic carbocycles. The summed E-state index contributed by atoms with van der Waals surface area (Å²) in [5.41, 5.74) is 0.671. The van der Waals surface area contributed by atoms with Crippen LogP contribution in [0.1, 0.15) is 43.5 Å². The summed E-state index contributed by atoms with van der Waals surface area (Å²) < 4.78 is 17.9. The van der Waals surface area contributed by atoms with Crippen LogP contribution in [0, 0.1) is 0 Å². The van der Waals surface area contributed by atoms with E-state index in [2.05, 4.69) is 45.7 Å².